The smallest absolute Gasteiger partial charge is 0.194 e. The van der Waals surface area contributed by atoms with E-state index in [1.807, 2.05) is 30.8 Å². The number of imidazole rings is 1. The number of ether oxygens (including phenoxy) is 1. The molecule has 1 saturated heterocycles. The van der Waals surface area contributed by atoms with Gasteiger partial charge in [0.1, 0.15) is 16.7 Å². The maximum Gasteiger partial charge on any atom is 0.194 e. The second-order valence-electron chi connectivity index (χ2n) is 6.56. The van der Waals surface area contributed by atoms with Crippen LogP contribution in [-0.4, -0.2) is 53.8 Å². The molecule has 1 atom stereocenters. The maximum absolute atomic E-state index is 6.09. The number of rotatable bonds is 7. The average Bonchev–Trinajstić information content (AvgIpc) is 3.38. The zero-order valence-corrected chi connectivity index (χ0v) is 16.1. The van der Waals surface area contributed by atoms with Crippen molar-refractivity contribution < 1.29 is 9.15 Å². The minimum Gasteiger partial charge on any atom is -0.469 e. The van der Waals surface area contributed by atoms with E-state index in [0.717, 1.165) is 56.7 Å². The Balaban J connectivity index is 1.61. The minimum atomic E-state index is 0.493. The molecule has 8 heteroatoms. The van der Waals surface area contributed by atoms with Crippen molar-refractivity contribution >= 4 is 17.6 Å². The van der Waals surface area contributed by atoms with Gasteiger partial charge >= 0.3 is 0 Å². The van der Waals surface area contributed by atoms with Crippen molar-refractivity contribution in [1.82, 2.24) is 19.8 Å². The van der Waals surface area contributed by atoms with Crippen molar-refractivity contribution in [3.05, 3.63) is 41.3 Å². The molecule has 3 heterocycles. The third-order valence-electron chi connectivity index (χ3n) is 4.53. The SMILES string of the molecule is CN(Cc1ncc(Cl)n1C)C(=NCC1CCOC1)NCCc1ccco1. The first kappa shape index (κ1) is 18.8. The summed E-state index contributed by atoms with van der Waals surface area (Å²) < 4.78 is 12.7. The Morgan fingerprint density at radius 2 is 2.42 bits per heavy atom. The Kier molecular flexibility index (Phi) is 6.57. The Hall–Kier alpha value is -1.99. The van der Waals surface area contributed by atoms with E-state index in [2.05, 4.69) is 15.2 Å². The number of guanidine groups is 1. The fraction of sp³-hybridized carbons (Fsp3) is 0.556. The number of hydrogen-bond acceptors (Lipinski definition) is 4. The van der Waals surface area contributed by atoms with E-state index in [1.165, 1.54) is 0 Å². The molecule has 1 fully saturated rings. The van der Waals surface area contributed by atoms with Gasteiger partial charge in [-0.25, -0.2) is 4.98 Å². The van der Waals surface area contributed by atoms with Crippen LogP contribution in [0.15, 0.2) is 34.0 Å². The fourth-order valence-electron chi connectivity index (χ4n) is 2.86. The Bertz CT molecular complexity index is 707. The molecule has 1 aliphatic rings. The van der Waals surface area contributed by atoms with Gasteiger partial charge in [-0.3, -0.25) is 4.99 Å². The van der Waals surface area contributed by atoms with Gasteiger partial charge in [-0.1, -0.05) is 11.6 Å². The lowest BCUT2D eigenvalue weighted by Gasteiger charge is -2.22. The van der Waals surface area contributed by atoms with E-state index < -0.39 is 0 Å². The van der Waals surface area contributed by atoms with Crippen LogP contribution >= 0.6 is 11.6 Å². The molecule has 3 rings (SSSR count). The molecule has 0 radical (unpaired) electrons. The molecular weight excluding hydrogens is 354 g/mol. The van der Waals surface area contributed by atoms with E-state index in [9.17, 15) is 0 Å². The van der Waals surface area contributed by atoms with Crippen LogP contribution in [0.3, 0.4) is 0 Å². The zero-order valence-electron chi connectivity index (χ0n) is 15.3. The second-order valence-corrected chi connectivity index (χ2v) is 6.95. The molecule has 0 aliphatic carbocycles. The van der Waals surface area contributed by atoms with E-state index in [-0.39, 0.29) is 0 Å². The van der Waals surface area contributed by atoms with E-state index in [4.69, 9.17) is 25.7 Å². The van der Waals surface area contributed by atoms with Gasteiger partial charge in [0.15, 0.2) is 5.96 Å². The summed E-state index contributed by atoms with van der Waals surface area (Å²) in [5.74, 6) is 3.19. The predicted octanol–water partition coefficient (Wildman–Crippen LogP) is 2.32. The summed E-state index contributed by atoms with van der Waals surface area (Å²) in [6.45, 7) is 3.76. The number of nitrogens with zero attached hydrogens (tertiary/aromatic N) is 4. The van der Waals surface area contributed by atoms with E-state index >= 15 is 0 Å². The lowest BCUT2D eigenvalue weighted by atomic mass is 10.1. The minimum absolute atomic E-state index is 0.493. The third-order valence-corrected chi connectivity index (χ3v) is 4.88. The molecule has 26 heavy (non-hydrogen) atoms. The summed E-state index contributed by atoms with van der Waals surface area (Å²) in [4.78, 5) is 11.2. The molecule has 142 valence electrons. The van der Waals surface area contributed by atoms with Crippen LogP contribution in [0.4, 0.5) is 0 Å². The van der Waals surface area contributed by atoms with Gasteiger partial charge in [0.25, 0.3) is 0 Å². The largest absolute Gasteiger partial charge is 0.469 e. The summed E-state index contributed by atoms with van der Waals surface area (Å²) in [7, 11) is 3.92. The summed E-state index contributed by atoms with van der Waals surface area (Å²) in [6.07, 6.45) is 5.24. The van der Waals surface area contributed by atoms with Crippen molar-refractivity contribution in [2.45, 2.75) is 19.4 Å². The van der Waals surface area contributed by atoms with Crippen LogP contribution in [0, 0.1) is 5.92 Å². The lowest BCUT2D eigenvalue weighted by Crippen LogP contribution is -2.40. The Morgan fingerprint density at radius 3 is 3.08 bits per heavy atom. The highest BCUT2D eigenvalue weighted by atomic mass is 35.5. The number of furan rings is 1. The van der Waals surface area contributed by atoms with Gasteiger partial charge < -0.3 is 23.9 Å². The number of halogens is 1. The normalized spacial score (nSPS) is 17.7. The highest BCUT2D eigenvalue weighted by molar-refractivity contribution is 6.29. The molecule has 7 nitrogen and oxygen atoms in total. The zero-order chi connectivity index (χ0) is 18.4. The summed E-state index contributed by atoms with van der Waals surface area (Å²) >= 11 is 6.09. The van der Waals surface area contributed by atoms with Crippen LogP contribution < -0.4 is 5.32 Å². The Labute approximate surface area is 159 Å². The van der Waals surface area contributed by atoms with Gasteiger partial charge in [0.2, 0.25) is 0 Å². The van der Waals surface area contributed by atoms with E-state index in [0.29, 0.717) is 17.6 Å². The van der Waals surface area contributed by atoms with Crippen LogP contribution in [0.1, 0.15) is 18.0 Å². The number of hydrogen-bond donors (Lipinski definition) is 1. The first-order chi connectivity index (χ1) is 12.6. The van der Waals surface area contributed by atoms with Gasteiger partial charge in [-0.15, -0.1) is 0 Å². The van der Waals surface area contributed by atoms with E-state index in [1.54, 1.807) is 12.5 Å². The summed E-state index contributed by atoms with van der Waals surface area (Å²) in [6, 6.07) is 3.88. The highest BCUT2D eigenvalue weighted by Crippen LogP contribution is 2.13. The molecule has 0 bridgehead atoms. The topological polar surface area (TPSA) is 67.8 Å². The van der Waals surface area contributed by atoms with Gasteiger partial charge in [-0.05, 0) is 18.6 Å². The monoisotopic (exact) mass is 379 g/mol. The molecule has 2 aromatic heterocycles. The maximum atomic E-state index is 6.09. The van der Waals surface area contributed by atoms with Crippen LogP contribution in [0.2, 0.25) is 5.15 Å². The fourth-order valence-corrected chi connectivity index (χ4v) is 3.01. The molecule has 1 aliphatic heterocycles. The van der Waals surface area contributed by atoms with Gasteiger partial charge in [0, 0.05) is 46.1 Å². The number of aromatic nitrogens is 2. The number of aliphatic imine (C=N–C) groups is 1. The summed E-state index contributed by atoms with van der Waals surface area (Å²) in [5.41, 5.74) is 0. The molecule has 1 unspecified atom stereocenters. The predicted molar refractivity (Wildman–Crippen MR) is 101 cm³/mol. The molecular formula is C18H26ClN5O2. The van der Waals surface area contributed by atoms with Crippen molar-refractivity contribution in [2.75, 3.05) is 33.4 Å². The first-order valence-electron chi connectivity index (χ1n) is 8.89. The third kappa shape index (κ3) is 5.02. The first-order valence-corrected chi connectivity index (χ1v) is 9.27. The quantitative estimate of drug-likeness (QED) is 0.590. The van der Waals surface area contributed by atoms with Crippen LogP contribution in [0.25, 0.3) is 0 Å². The molecule has 0 aromatic carbocycles. The molecule has 0 amide bonds. The van der Waals surface area contributed by atoms with Crippen molar-refractivity contribution in [1.29, 1.82) is 0 Å². The van der Waals surface area contributed by atoms with Crippen molar-refractivity contribution in [3.63, 3.8) is 0 Å². The summed E-state index contributed by atoms with van der Waals surface area (Å²) in [5, 5.41) is 4.06. The second kappa shape index (κ2) is 9.09. The highest BCUT2D eigenvalue weighted by Gasteiger charge is 2.17. The lowest BCUT2D eigenvalue weighted by molar-refractivity contribution is 0.187. The standard InChI is InChI=1S/C18H26ClN5O2/c1-23(12-17-21-11-16(19)24(17)2)18(22-10-14-6-9-25-13-14)20-7-5-15-4-3-8-26-15/h3-4,8,11,14H,5-7,9-10,12-13H2,1-2H3,(H,20,22). The Morgan fingerprint density at radius 1 is 1.54 bits per heavy atom. The number of nitrogens with one attached hydrogen (secondary N) is 1. The van der Waals surface area contributed by atoms with Crippen LogP contribution in [0.5, 0.6) is 0 Å². The average molecular weight is 380 g/mol. The van der Waals surface area contributed by atoms with Crippen LogP contribution in [-0.2, 0) is 24.8 Å². The molecule has 2 aromatic rings. The molecule has 0 saturated carbocycles. The van der Waals surface area contributed by atoms with Gasteiger partial charge in [-0.2, -0.15) is 0 Å². The van der Waals surface area contributed by atoms with Crippen molar-refractivity contribution in [2.24, 2.45) is 18.0 Å². The van der Waals surface area contributed by atoms with Gasteiger partial charge in [0.05, 0.1) is 25.6 Å². The van der Waals surface area contributed by atoms with Crippen molar-refractivity contribution in [3.8, 4) is 0 Å². The molecule has 0 spiro atoms. The molecule has 1 N–H and O–H groups in total.